The Hall–Kier alpha value is -8.95. The van der Waals surface area contributed by atoms with Crippen molar-refractivity contribution >= 4 is 57.2 Å². The predicted molar refractivity (Wildman–Crippen MR) is 309 cm³/mol. The van der Waals surface area contributed by atoms with Gasteiger partial charge in [0.25, 0.3) is 0 Å². The predicted octanol–water partition coefficient (Wildman–Crippen LogP) is 16.6. The van der Waals surface area contributed by atoms with Crippen LogP contribution in [-0.2, 0) is 15.4 Å². The summed E-state index contributed by atoms with van der Waals surface area (Å²) in [6, 6.07) is 81.4. The van der Waals surface area contributed by atoms with Crippen molar-refractivity contribution in [2.45, 2.75) is 31.6 Å². The molecule has 3 aliphatic heterocycles. The first-order valence-electron chi connectivity index (χ1n) is 26.5. The van der Waals surface area contributed by atoms with Crippen LogP contribution in [0.5, 0.6) is 11.5 Å². The molecule has 0 saturated carbocycles. The van der Waals surface area contributed by atoms with E-state index in [1.165, 1.54) is 89.0 Å². The first-order chi connectivity index (χ1) is 37.3. The number of hydrogen-bond acceptors (Lipinski definition) is 4. The lowest BCUT2D eigenvalue weighted by atomic mass is 9.70. The molecule has 356 valence electrons. The molecule has 0 atom stereocenters. The number of nitrogens with zero attached hydrogens (tertiary/aromatic N) is 2. The fraction of sp³-hybridized carbons (Fsp3) is 0.0704. The molecule has 7 aliphatic rings. The smallest absolute Gasteiger partial charge is 0.186 e. The molecule has 11 aromatic carbocycles. The van der Waals surface area contributed by atoms with Gasteiger partial charge in [-0.1, -0.05) is 158 Å². The molecule has 4 nitrogen and oxygen atoms in total. The van der Waals surface area contributed by atoms with Crippen molar-refractivity contribution in [3.63, 3.8) is 0 Å². The van der Waals surface area contributed by atoms with E-state index in [1.54, 1.807) is 0 Å². The molecular weight excluding hydrogens is 944 g/mol. The van der Waals surface area contributed by atoms with Crippen LogP contribution in [0.15, 0.2) is 218 Å². The molecule has 0 saturated heterocycles. The number of fused-ring (bicyclic) bond motifs is 20. The van der Waals surface area contributed by atoms with E-state index in [1.807, 2.05) is 0 Å². The number of benzene rings is 11. The minimum atomic E-state index is -3.62. The highest BCUT2D eigenvalue weighted by Crippen LogP contribution is 2.69. The summed E-state index contributed by atoms with van der Waals surface area (Å²) < 4.78 is 24.8. The maximum absolute atomic E-state index is 17.6. The Morgan fingerprint density at radius 2 is 0.592 bits per heavy atom. The summed E-state index contributed by atoms with van der Waals surface area (Å²) in [6.07, 6.45) is 0. The molecule has 0 bridgehead atoms. The molecule has 11 aromatic rings. The number of hydrogen-bond donors (Lipinski definition) is 0. The quantitative estimate of drug-likeness (QED) is 0.162. The van der Waals surface area contributed by atoms with Crippen molar-refractivity contribution in [2.24, 2.45) is 0 Å². The second-order valence-corrected chi connectivity index (χ2v) is 24.6. The Morgan fingerprint density at radius 3 is 0.921 bits per heavy atom. The standard InChI is InChI=1S/C71H45N2O2P/c1-40-32-61-67-62(33-40)73(44-29-31-52-50-21-9-15-27-58(50)71(60(52)39-44)55-24-12-6-18-47(55)48-19-7-13-25-56(48)71)64-35-42(3)37-66-69(64)76(67,74)68-63(34-41(2)36-65(68)75-66)72(61)43-28-30-51-49-20-8-14-26-57(49)70(59(51)38-43)53-22-10-4-16-45(53)46-17-5-11-23-54(46)70/h4-39H,1-3H3. The minimum Gasteiger partial charge on any atom is -0.456 e. The Labute approximate surface area is 441 Å². The summed E-state index contributed by atoms with van der Waals surface area (Å²) in [5.41, 5.74) is 28.2. The van der Waals surface area contributed by atoms with Gasteiger partial charge >= 0.3 is 0 Å². The number of ether oxygens (including phenoxy) is 1. The molecule has 18 rings (SSSR count). The lowest BCUT2D eigenvalue weighted by Gasteiger charge is -2.47. The molecule has 0 radical (unpaired) electrons. The Morgan fingerprint density at radius 1 is 0.316 bits per heavy atom. The van der Waals surface area contributed by atoms with Crippen molar-refractivity contribution in [3.05, 3.63) is 280 Å². The van der Waals surface area contributed by atoms with Gasteiger partial charge in [-0.15, -0.1) is 0 Å². The highest BCUT2D eigenvalue weighted by atomic mass is 31.2. The van der Waals surface area contributed by atoms with Crippen LogP contribution in [0.25, 0.3) is 44.5 Å². The van der Waals surface area contributed by atoms with E-state index >= 15 is 4.57 Å². The first kappa shape index (κ1) is 41.4. The van der Waals surface area contributed by atoms with Crippen LogP contribution in [0.2, 0.25) is 0 Å². The van der Waals surface area contributed by atoms with E-state index in [4.69, 9.17) is 4.74 Å². The highest BCUT2D eigenvalue weighted by Gasteiger charge is 2.57. The summed E-state index contributed by atoms with van der Waals surface area (Å²) in [5, 5.41) is 2.39. The first-order valence-corrected chi connectivity index (χ1v) is 28.2. The number of aryl methyl sites for hydroxylation is 3. The maximum atomic E-state index is 17.6. The van der Waals surface area contributed by atoms with Crippen LogP contribution in [0.4, 0.5) is 34.1 Å². The fourth-order valence-corrected chi connectivity index (χ4v) is 19.2. The largest absolute Gasteiger partial charge is 0.456 e. The van der Waals surface area contributed by atoms with Crippen LogP contribution in [0, 0.1) is 20.8 Å². The van der Waals surface area contributed by atoms with Crippen LogP contribution in [0.1, 0.15) is 61.2 Å². The fourth-order valence-electron chi connectivity index (χ4n) is 15.7. The van der Waals surface area contributed by atoms with Gasteiger partial charge in [0.15, 0.2) is 7.14 Å². The van der Waals surface area contributed by atoms with Gasteiger partial charge in [-0.3, -0.25) is 0 Å². The molecule has 76 heavy (non-hydrogen) atoms. The van der Waals surface area contributed by atoms with Gasteiger partial charge < -0.3 is 19.1 Å². The molecule has 0 unspecified atom stereocenters. The van der Waals surface area contributed by atoms with E-state index in [0.29, 0.717) is 11.5 Å². The third-order valence-electron chi connectivity index (χ3n) is 18.2. The number of anilines is 6. The van der Waals surface area contributed by atoms with E-state index in [9.17, 15) is 0 Å². The summed E-state index contributed by atoms with van der Waals surface area (Å²) in [4.78, 5) is 4.84. The van der Waals surface area contributed by atoms with Gasteiger partial charge in [0.05, 0.1) is 49.5 Å². The van der Waals surface area contributed by atoms with Gasteiger partial charge in [-0.25, -0.2) is 0 Å². The molecule has 3 heterocycles. The average Bonchev–Trinajstić information content (AvgIpc) is 3.76. The molecule has 2 spiro atoms. The van der Waals surface area contributed by atoms with E-state index in [0.717, 1.165) is 66.7 Å². The topological polar surface area (TPSA) is 32.8 Å². The van der Waals surface area contributed by atoms with E-state index in [-0.39, 0.29) is 0 Å². The summed E-state index contributed by atoms with van der Waals surface area (Å²) in [6.45, 7) is 6.46. The SMILES string of the molecule is Cc1cc2c3c(c1)N(c1ccc4c(c1)C1(c5ccccc5-c5ccccc51)c1ccccc1-4)c1cc(C)cc4c1P3(=O)c1c(cc(C)cc1N4c1ccc3c(c1)C1(c4ccccc4-c4ccccc41)c1ccccc1-3)O2. The minimum absolute atomic E-state index is 0.533. The van der Waals surface area contributed by atoms with Crippen molar-refractivity contribution in [1.82, 2.24) is 0 Å². The van der Waals surface area contributed by atoms with Crippen molar-refractivity contribution < 1.29 is 9.30 Å². The van der Waals surface area contributed by atoms with Crippen molar-refractivity contribution in [1.29, 1.82) is 0 Å². The zero-order chi connectivity index (χ0) is 50.1. The molecule has 4 aliphatic carbocycles. The van der Waals surface area contributed by atoms with E-state index in [2.05, 4.69) is 249 Å². The third-order valence-corrected chi connectivity index (χ3v) is 21.5. The van der Waals surface area contributed by atoms with Gasteiger partial charge in [0.1, 0.15) is 11.5 Å². The van der Waals surface area contributed by atoms with Crippen molar-refractivity contribution in [2.75, 3.05) is 9.80 Å². The van der Waals surface area contributed by atoms with Crippen LogP contribution < -0.4 is 30.5 Å². The van der Waals surface area contributed by atoms with Crippen molar-refractivity contribution in [3.8, 4) is 56.0 Å². The second kappa shape index (κ2) is 13.9. The van der Waals surface area contributed by atoms with Crippen LogP contribution >= 0.6 is 7.14 Å². The molecule has 0 amide bonds. The summed E-state index contributed by atoms with van der Waals surface area (Å²) in [7, 11) is -3.62. The van der Waals surface area contributed by atoms with Gasteiger partial charge in [-0.05, 0) is 187 Å². The Kier molecular flexibility index (Phi) is 7.55. The second-order valence-electron chi connectivity index (χ2n) is 22.0. The lowest BCUT2D eigenvalue weighted by Crippen LogP contribution is -2.45. The highest BCUT2D eigenvalue weighted by molar-refractivity contribution is 7.87. The zero-order valence-corrected chi connectivity index (χ0v) is 42.8. The van der Waals surface area contributed by atoms with Gasteiger partial charge in [0.2, 0.25) is 0 Å². The summed E-state index contributed by atoms with van der Waals surface area (Å²) >= 11 is 0. The van der Waals surface area contributed by atoms with Gasteiger partial charge in [0, 0.05) is 11.4 Å². The molecule has 0 fully saturated rings. The normalized spacial score (nSPS) is 16.0. The maximum Gasteiger partial charge on any atom is 0.186 e. The lowest BCUT2D eigenvalue weighted by molar-refractivity contribution is 0.484. The Balaban J connectivity index is 0.916. The molecule has 0 N–H and O–H groups in total. The summed E-state index contributed by atoms with van der Waals surface area (Å²) in [5.74, 6) is 1.33. The monoisotopic (exact) mass is 988 g/mol. The van der Waals surface area contributed by atoms with Crippen LogP contribution in [0.3, 0.4) is 0 Å². The molecule has 0 aromatic heterocycles. The van der Waals surface area contributed by atoms with Gasteiger partial charge in [-0.2, -0.15) is 0 Å². The molecular formula is C71H45N2O2P. The Bertz CT molecular complexity index is 4210. The molecule has 5 heteroatoms. The number of rotatable bonds is 2. The zero-order valence-electron chi connectivity index (χ0n) is 41.9. The van der Waals surface area contributed by atoms with E-state index < -0.39 is 18.0 Å². The third kappa shape index (κ3) is 4.59. The van der Waals surface area contributed by atoms with Crippen LogP contribution in [-0.4, -0.2) is 0 Å². The average molecular weight is 989 g/mol.